The van der Waals surface area contributed by atoms with Gasteiger partial charge in [-0.15, -0.1) is 0 Å². The van der Waals surface area contributed by atoms with E-state index in [2.05, 4.69) is 10.1 Å². The van der Waals surface area contributed by atoms with Gasteiger partial charge in [-0.05, 0) is 25.3 Å². The van der Waals surface area contributed by atoms with Gasteiger partial charge in [0.05, 0.1) is 21.8 Å². The standard InChI is InChI=1S/C17H18Cl2N4O/c18-12-5-4-11-15(13(7-20)22-17(11)16(12)19)10-8-21-23(9-10)14-3-1-2-6-24-14/h4-5,8-9,14,22H,1-3,6-7,20H2. The molecule has 1 aromatic carbocycles. The van der Waals surface area contributed by atoms with Gasteiger partial charge in [-0.3, -0.25) is 0 Å². The normalized spacial score (nSPS) is 18.4. The summed E-state index contributed by atoms with van der Waals surface area (Å²) in [7, 11) is 0. The minimum atomic E-state index is 0.0112. The highest BCUT2D eigenvalue weighted by atomic mass is 35.5. The molecule has 1 aliphatic heterocycles. The van der Waals surface area contributed by atoms with Crippen LogP contribution < -0.4 is 5.73 Å². The molecule has 4 rings (SSSR count). The zero-order valence-electron chi connectivity index (χ0n) is 13.1. The number of aromatic amines is 1. The lowest BCUT2D eigenvalue weighted by atomic mass is 10.1. The van der Waals surface area contributed by atoms with Gasteiger partial charge in [0.2, 0.25) is 0 Å². The first kappa shape index (κ1) is 16.0. The predicted molar refractivity (Wildman–Crippen MR) is 96.3 cm³/mol. The monoisotopic (exact) mass is 364 g/mol. The third kappa shape index (κ3) is 2.62. The highest BCUT2D eigenvalue weighted by Gasteiger charge is 2.20. The average molecular weight is 365 g/mol. The molecule has 0 radical (unpaired) electrons. The Bertz CT molecular complexity index is 880. The third-order valence-corrected chi connectivity index (χ3v) is 5.29. The summed E-state index contributed by atoms with van der Waals surface area (Å²) in [6.45, 7) is 1.16. The molecule has 0 amide bonds. The van der Waals surface area contributed by atoms with Crippen LogP contribution in [0.5, 0.6) is 0 Å². The zero-order valence-corrected chi connectivity index (χ0v) is 14.6. The third-order valence-electron chi connectivity index (χ3n) is 4.49. The largest absolute Gasteiger partial charge is 0.357 e. The van der Waals surface area contributed by atoms with Crippen LogP contribution in [0.25, 0.3) is 22.0 Å². The molecule has 7 heteroatoms. The zero-order chi connectivity index (χ0) is 16.7. The fourth-order valence-corrected chi connectivity index (χ4v) is 3.67. The number of H-pyrrole nitrogens is 1. The van der Waals surface area contributed by atoms with E-state index in [1.165, 1.54) is 0 Å². The lowest BCUT2D eigenvalue weighted by Crippen LogP contribution is -2.18. The number of hydrogen-bond donors (Lipinski definition) is 2. The summed E-state index contributed by atoms with van der Waals surface area (Å²) in [5.74, 6) is 0. The Morgan fingerprint density at radius 3 is 2.96 bits per heavy atom. The van der Waals surface area contributed by atoms with Crippen LogP contribution in [-0.4, -0.2) is 21.4 Å². The molecule has 126 valence electrons. The number of nitrogens with one attached hydrogen (secondary N) is 1. The number of fused-ring (bicyclic) bond motifs is 1. The number of rotatable bonds is 3. The molecular weight excluding hydrogens is 347 g/mol. The van der Waals surface area contributed by atoms with E-state index in [1.54, 1.807) is 6.07 Å². The molecule has 1 fully saturated rings. The second kappa shape index (κ2) is 6.41. The first-order chi connectivity index (χ1) is 11.7. The molecule has 1 unspecified atom stereocenters. The molecule has 1 aliphatic rings. The summed E-state index contributed by atoms with van der Waals surface area (Å²) >= 11 is 12.5. The van der Waals surface area contributed by atoms with E-state index in [1.807, 2.05) is 23.1 Å². The van der Waals surface area contributed by atoms with E-state index in [4.69, 9.17) is 33.7 Å². The Kier molecular flexibility index (Phi) is 4.26. The van der Waals surface area contributed by atoms with E-state index < -0.39 is 0 Å². The summed E-state index contributed by atoms with van der Waals surface area (Å²) in [6.07, 6.45) is 7.14. The van der Waals surface area contributed by atoms with E-state index >= 15 is 0 Å². The van der Waals surface area contributed by atoms with E-state index in [9.17, 15) is 0 Å². The number of aromatic nitrogens is 3. The van der Waals surface area contributed by atoms with E-state index in [0.717, 1.165) is 53.6 Å². The van der Waals surface area contributed by atoms with Crippen molar-refractivity contribution < 1.29 is 4.74 Å². The molecule has 2 aromatic heterocycles. The van der Waals surface area contributed by atoms with Crippen LogP contribution in [0.3, 0.4) is 0 Å². The van der Waals surface area contributed by atoms with Crippen molar-refractivity contribution in [3.05, 3.63) is 40.3 Å². The minimum absolute atomic E-state index is 0.0112. The molecule has 3 heterocycles. The van der Waals surface area contributed by atoms with Crippen molar-refractivity contribution in [2.75, 3.05) is 6.61 Å². The molecule has 0 saturated carbocycles. The molecule has 1 atom stereocenters. The SMILES string of the molecule is NCc1[nH]c2c(Cl)c(Cl)ccc2c1-c1cnn(C2CCCCO2)c1. The summed E-state index contributed by atoms with van der Waals surface area (Å²) in [5, 5.41) is 6.52. The number of benzene rings is 1. The number of ether oxygens (including phenoxy) is 1. The van der Waals surface area contributed by atoms with Crippen LogP contribution in [-0.2, 0) is 11.3 Å². The second-order valence-corrected chi connectivity index (χ2v) is 6.78. The number of nitrogens with zero attached hydrogens (tertiary/aromatic N) is 2. The van der Waals surface area contributed by atoms with Gasteiger partial charge in [0, 0.05) is 41.6 Å². The molecule has 24 heavy (non-hydrogen) atoms. The molecule has 0 spiro atoms. The van der Waals surface area contributed by atoms with Crippen LogP contribution in [0.15, 0.2) is 24.5 Å². The maximum atomic E-state index is 6.34. The van der Waals surface area contributed by atoms with Crippen LogP contribution >= 0.6 is 23.2 Å². The molecule has 5 nitrogen and oxygen atoms in total. The van der Waals surface area contributed by atoms with Gasteiger partial charge in [-0.1, -0.05) is 29.3 Å². The summed E-state index contributed by atoms with van der Waals surface area (Å²) in [4.78, 5) is 3.30. The van der Waals surface area contributed by atoms with Gasteiger partial charge >= 0.3 is 0 Å². The molecule has 3 N–H and O–H groups in total. The van der Waals surface area contributed by atoms with Crippen LogP contribution in [0.4, 0.5) is 0 Å². The Labute approximate surface area is 149 Å². The molecule has 0 bridgehead atoms. The molecule has 3 aromatic rings. The van der Waals surface area contributed by atoms with Crippen LogP contribution in [0, 0.1) is 0 Å². The number of nitrogens with two attached hydrogens (primary N) is 1. The first-order valence-corrected chi connectivity index (χ1v) is 8.79. The number of hydrogen-bond acceptors (Lipinski definition) is 3. The molecule has 0 aliphatic carbocycles. The Morgan fingerprint density at radius 2 is 2.21 bits per heavy atom. The van der Waals surface area contributed by atoms with Gasteiger partial charge in [0.1, 0.15) is 6.23 Å². The Balaban J connectivity index is 1.81. The van der Waals surface area contributed by atoms with Gasteiger partial charge in [0.15, 0.2) is 0 Å². The van der Waals surface area contributed by atoms with Crippen molar-refractivity contribution >= 4 is 34.1 Å². The molecule has 1 saturated heterocycles. The first-order valence-electron chi connectivity index (χ1n) is 8.04. The maximum Gasteiger partial charge on any atom is 0.150 e. The summed E-state index contributed by atoms with van der Waals surface area (Å²) < 4.78 is 7.70. The van der Waals surface area contributed by atoms with Crippen LogP contribution in [0.1, 0.15) is 31.2 Å². The smallest absolute Gasteiger partial charge is 0.150 e. The van der Waals surface area contributed by atoms with Crippen molar-refractivity contribution in [1.82, 2.24) is 14.8 Å². The highest BCUT2D eigenvalue weighted by molar-refractivity contribution is 6.45. The lowest BCUT2D eigenvalue weighted by Gasteiger charge is -2.22. The van der Waals surface area contributed by atoms with Gasteiger partial charge in [0.25, 0.3) is 0 Å². The second-order valence-electron chi connectivity index (χ2n) is 6.00. The van der Waals surface area contributed by atoms with Gasteiger partial charge in [-0.2, -0.15) is 5.10 Å². The minimum Gasteiger partial charge on any atom is -0.357 e. The topological polar surface area (TPSA) is 68.9 Å². The highest BCUT2D eigenvalue weighted by Crippen LogP contribution is 2.38. The van der Waals surface area contributed by atoms with Crippen molar-refractivity contribution in [1.29, 1.82) is 0 Å². The van der Waals surface area contributed by atoms with E-state index in [-0.39, 0.29) is 6.23 Å². The molecular formula is C17H18Cl2N4O. The van der Waals surface area contributed by atoms with Gasteiger partial charge < -0.3 is 15.5 Å². The van der Waals surface area contributed by atoms with Gasteiger partial charge in [-0.25, -0.2) is 4.68 Å². The maximum absolute atomic E-state index is 6.34. The quantitative estimate of drug-likeness (QED) is 0.718. The van der Waals surface area contributed by atoms with Crippen molar-refractivity contribution in [3.63, 3.8) is 0 Å². The fraction of sp³-hybridized carbons (Fsp3) is 0.353. The lowest BCUT2D eigenvalue weighted by molar-refractivity contribution is -0.0394. The van der Waals surface area contributed by atoms with Crippen molar-refractivity contribution in [2.24, 2.45) is 5.73 Å². The summed E-state index contributed by atoms with van der Waals surface area (Å²) in [5.41, 5.74) is 9.67. The van der Waals surface area contributed by atoms with Crippen LogP contribution in [0.2, 0.25) is 10.0 Å². The average Bonchev–Trinajstić information content (AvgIpc) is 3.23. The fourth-order valence-electron chi connectivity index (χ4n) is 3.30. The number of halogens is 2. The van der Waals surface area contributed by atoms with Crippen molar-refractivity contribution in [2.45, 2.75) is 32.0 Å². The predicted octanol–water partition coefficient (Wildman–Crippen LogP) is 4.50. The summed E-state index contributed by atoms with van der Waals surface area (Å²) in [6, 6.07) is 3.77. The van der Waals surface area contributed by atoms with E-state index in [0.29, 0.717) is 16.6 Å². The Hall–Kier alpha value is -1.53. The Morgan fingerprint density at radius 1 is 1.33 bits per heavy atom. The van der Waals surface area contributed by atoms with Crippen molar-refractivity contribution in [3.8, 4) is 11.1 Å².